The number of benzene rings is 1. The molecule has 1 aromatic rings. The molecule has 2 unspecified atom stereocenters. The fraction of sp³-hybridized carbons (Fsp3) is 0.611. The van der Waals surface area contributed by atoms with Crippen LogP contribution in [0.25, 0.3) is 0 Å². The van der Waals surface area contributed by atoms with Gasteiger partial charge in [-0.25, -0.2) is 0 Å². The summed E-state index contributed by atoms with van der Waals surface area (Å²) < 4.78 is 5.70. The lowest BCUT2D eigenvalue weighted by atomic mass is 9.77. The maximum Gasteiger partial charge on any atom is 0.248 e. The molecule has 0 aromatic heterocycles. The van der Waals surface area contributed by atoms with E-state index >= 15 is 0 Å². The van der Waals surface area contributed by atoms with Crippen LogP contribution in [0.4, 0.5) is 0 Å². The number of ether oxygens (including phenoxy) is 1. The molecule has 22 heavy (non-hydrogen) atoms. The molecule has 2 atom stereocenters. The SMILES string of the molecule is NC(=O)c1ccc(COCCCCN2CC3CCC3C2)cc1. The molecule has 1 aliphatic heterocycles. The molecule has 1 aromatic carbocycles. The summed E-state index contributed by atoms with van der Waals surface area (Å²) in [5.41, 5.74) is 6.85. The van der Waals surface area contributed by atoms with Crippen LogP contribution in [0.15, 0.2) is 24.3 Å². The Morgan fingerprint density at radius 2 is 1.82 bits per heavy atom. The monoisotopic (exact) mass is 302 g/mol. The van der Waals surface area contributed by atoms with E-state index in [2.05, 4.69) is 4.90 Å². The van der Waals surface area contributed by atoms with Crippen LogP contribution in [0.5, 0.6) is 0 Å². The van der Waals surface area contributed by atoms with Gasteiger partial charge >= 0.3 is 0 Å². The number of nitrogens with zero attached hydrogens (tertiary/aromatic N) is 1. The summed E-state index contributed by atoms with van der Waals surface area (Å²) in [6.07, 6.45) is 5.25. The zero-order chi connectivity index (χ0) is 15.4. The van der Waals surface area contributed by atoms with E-state index in [4.69, 9.17) is 10.5 Å². The third-order valence-corrected chi connectivity index (χ3v) is 5.08. The number of nitrogens with two attached hydrogens (primary N) is 1. The Morgan fingerprint density at radius 3 is 2.41 bits per heavy atom. The summed E-state index contributed by atoms with van der Waals surface area (Å²) >= 11 is 0. The van der Waals surface area contributed by atoms with E-state index in [1.165, 1.54) is 38.9 Å². The summed E-state index contributed by atoms with van der Waals surface area (Å²) in [5.74, 6) is 1.64. The molecule has 1 saturated heterocycles. The van der Waals surface area contributed by atoms with Gasteiger partial charge in [-0.2, -0.15) is 0 Å². The zero-order valence-corrected chi connectivity index (χ0v) is 13.2. The highest BCUT2D eigenvalue weighted by molar-refractivity contribution is 5.92. The van der Waals surface area contributed by atoms with Crippen molar-refractivity contribution in [1.82, 2.24) is 4.90 Å². The number of unbranched alkanes of at least 4 members (excludes halogenated alkanes) is 1. The molecule has 2 fully saturated rings. The maximum atomic E-state index is 11.0. The predicted molar refractivity (Wildman–Crippen MR) is 86.5 cm³/mol. The van der Waals surface area contributed by atoms with E-state index in [1.54, 1.807) is 12.1 Å². The molecule has 1 amide bonds. The Balaban J connectivity index is 1.25. The lowest BCUT2D eigenvalue weighted by molar-refractivity contribution is 0.0999. The van der Waals surface area contributed by atoms with Gasteiger partial charge in [-0.1, -0.05) is 12.1 Å². The summed E-state index contributed by atoms with van der Waals surface area (Å²) in [5, 5.41) is 0. The van der Waals surface area contributed by atoms with Gasteiger partial charge in [0.2, 0.25) is 5.91 Å². The number of primary amides is 1. The van der Waals surface area contributed by atoms with Crippen molar-refractivity contribution in [3.05, 3.63) is 35.4 Å². The molecule has 3 rings (SSSR count). The van der Waals surface area contributed by atoms with Gasteiger partial charge in [0.05, 0.1) is 6.61 Å². The summed E-state index contributed by atoms with van der Waals surface area (Å²) in [4.78, 5) is 13.6. The Bertz CT molecular complexity index is 488. The Labute approximate surface area is 132 Å². The van der Waals surface area contributed by atoms with E-state index in [0.29, 0.717) is 12.2 Å². The quantitative estimate of drug-likeness (QED) is 0.750. The van der Waals surface area contributed by atoms with Gasteiger partial charge < -0.3 is 15.4 Å². The number of carbonyl (C=O) groups is 1. The molecular formula is C18H26N2O2. The maximum absolute atomic E-state index is 11.0. The van der Waals surface area contributed by atoms with Crippen LogP contribution < -0.4 is 5.73 Å². The highest BCUT2D eigenvalue weighted by Gasteiger charge is 2.38. The number of rotatable bonds is 8. The molecule has 120 valence electrons. The van der Waals surface area contributed by atoms with Crippen molar-refractivity contribution in [2.24, 2.45) is 17.6 Å². The second kappa shape index (κ2) is 7.25. The lowest BCUT2D eigenvalue weighted by Crippen LogP contribution is -2.22. The van der Waals surface area contributed by atoms with Crippen LogP contribution in [0, 0.1) is 11.8 Å². The van der Waals surface area contributed by atoms with E-state index < -0.39 is 0 Å². The first-order valence-electron chi connectivity index (χ1n) is 8.41. The van der Waals surface area contributed by atoms with Crippen molar-refractivity contribution in [3.63, 3.8) is 0 Å². The van der Waals surface area contributed by atoms with Crippen LogP contribution in [-0.4, -0.2) is 37.0 Å². The largest absolute Gasteiger partial charge is 0.377 e. The van der Waals surface area contributed by atoms with Gasteiger partial charge in [0.1, 0.15) is 0 Å². The molecule has 4 heteroatoms. The first-order chi connectivity index (χ1) is 10.7. The van der Waals surface area contributed by atoms with Gasteiger partial charge in [0, 0.05) is 25.3 Å². The fourth-order valence-electron chi connectivity index (χ4n) is 3.53. The van der Waals surface area contributed by atoms with E-state index in [9.17, 15) is 4.79 Å². The van der Waals surface area contributed by atoms with Crippen LogP contribution in [0.2, 0.25) is 0 Å². The van der Waals surface area contributed by atoms with Crippen LogP contribution in [0.3, 0.4) is 0 Å². The molecular weight excluding hydrogens is 276 g/mol. The highest BCUT2D eigenvalue weighted by atomic mass is 16.5. The van der Waals surface area contributed by atoms with E-state index in [-0.39, 0.29) is 5.91 Å². The summed E-state index contributed by atoms with van der Waals surface area (Å²) in [7, 11) is 0. The van der Waals surface area contributed by atoms with Crippen molar-refractivity contribution in [2.75, 3.05) is 26.2 Å². The number of amides is 1. The average molecular weight is 302 g/mol. The molecule has 2 N–H and O–H groups in total. The van der Waals surface area contributed by atoms with Gasteiger partial charge in [0.25, 0.3) is 0 Å². The minimum absolute atomic E-state index is 0.386. The molecule has 1 saturated carbocycles. The number of hydrogen-bond acceptors (Lipinski definition) is 3. The summed E-state index contributed by atoms with van der Waals surface area (Å²) in [6.45, 7) is 5.30. The van der Waals surface area contributed by atoms with Gasteiger partial charge in [-0.05, 0) is 61.8 Å². The minimum Gasteiger partial charge on any atom is -0.377 e. The van der Waals surface area contributed by atoms with Crippen LogP contribution in [-0.2, 0) is 11.3 Å². The predicted octanol–water partition coefficient (Wildman–Crippen LogP) is 2.42. The van der Waals surface area contributed by atoms with Gasteiger partial charge in [-0.15, -0.1) is 0 Å². The van der Waals surface area contributed by atoms with Gasteiger partial charge in [0.15, 0.2) is 0 Å². The minimum atomic E-state index is -0.386. The van der Waals surface area contributed by atoms with Gasteiger partial charge in [-0.3, -0.25) is 4.79 Å². The molecule has 0 radical (unpaired) electrons. The van der Waals surface area contributed by atoms with Crippen LogP contribution in [0.1, 0.15) is 41.6 Å². The van der Waals surface area contributed by atoms with Crippen LogP contribution >= 0.6 is 0 Å². The third-order valence-electron chi connectivity index (χ3n) is 5.08. The molecule has 2 aliphatic rings. The van der Waals surface area contributed by atoms with Crippen molar-refractivity contribution >= 4 is 5.91 Å². The van der Waals surface area contributed by atoms with E-state index in [1.807, 2.05) is 12.1 Å². The number of fused-ring (bicyclic) bond motifs is 1. The first kappa shape index (κ1) is 15.5. The number of likely N-dealkylation sites (tertiary alicyclic amines) is 1. The number of carbonyl (C=O) groups excluding carboxylic acids is 1. The lowest BCUT2D eigenvalue weighted by Gasteiger charge is -2.28. The second-order valence-corrected chi connectivity index (χ2v) is 6.68. The normalized spacial score (nSPS) is 24.0. The molecule has 4 nitrogen and oxygen atoms in total. The summed E-state index contributed by atoms with van der Waals surface area (Å²) in [6, 6.07) is 7.31. The Kier molecular flexibility index (Phi) is 5.11. The standard InChI is InChI=1S/C18H26N2O2/c19-18(21)15-5-3-14(4-6-15)13-22-10-2-1-9-20-11-16-7-8-17(16)12-20/h3-6,16-17H,1-2,7-13H2,(H2,19,21). The highest BCUT2D eigenvalue weighted by Crippen LogP contribution is 2.40. The third kappa shape index (κ3) is 3.87. The second-order valence-electron chi connectivity index (χ2n) is 6.68. The molecule has 0 bridgehead atoms. The smallest absolute Gasteiger partial charge is 0.248 e. The van der Waals surface area contributed by atoms with Crippen molar-refractivity contribution in [1.29, 1.82) is 0 Å². The van der Waals surface area contributed by atoms with Crippen molar-refractivity contribution < 1.29 is 9.53 Å². The first-order valence-corrected chi connectivity index (χ1v) is 8.41. The van der Waals surface area contributed by atoms with Crippen molar-refractivity contribution in [2.45, 2.75) is 32.3 Å². The molecule has 1 heterocycles. The molecule has 0 spiro atoms. The fourth-order valence-corrected chi connectivity index (χ4v) is 3.53. The number of hydrogen-bond donors (Lipinski definition) is 1. The zero-order valence-electron chi connectivity index (χ0n) is 13.2. The van der Waals surface area contributed by atoms with E-state index in [0.717, 1.165) is 30.4 Å². The molecule has 1 aliphatic carbocycles. The Hall–Kier alpha value is -1.39. The average Bonchev–Trinajstić information content (AvgIpc) is 2.78. The van der Waals surface area contributed by atoms with Crippen molar-refractivity contribution in [3.8, 4) is 0 Å². The topological polar surface area (TPSA) is 55.6 Å². The Morgan fingerprint density at radius 1 is 1.14 bits per heavy atom.